The van der Waals surface area contributed by atoms with E-state index < -0.39 is 0 Å². The molecule has 0 fully saturated rings. The third-order valence-corrected chi connectivity index (χ3v) is 3.99. The molecule has 0 aromatic heterocycles. The molecule has 0 aliphatic rings. The lowest BCUT2D eigenvalue weighted by Gasteiger charge is -2.18. The number of hydrogen-bond acceptors (Lipinski definition) is 5. The Hall–Kier alpha value is -2.86. The van der Waals surface area contributed by atoms with Crippen molar-refractivity contribution in [1.29, 1.82) is 5.41 Å². The molecular formula is C19H24N4O2. The number of anilines is 2. The maximum Gasteiger partial charge on any atom is 0.231 e. The van der Waals surface area contributed by atoms with Crippen molar-refractivity contribution in [1.82, 2.24) is 0 Å². The van der Waals surface area contributed by atoms with Crippen molar-refractivity contribution in [3.8, 4) is 5.75 Å². The van der Waals surface area contributed by atoms with E-state index in [0.29, 0.717) is 41.4 Å². The van der Waals surface area contributed by atoms with Gasteiger partial charge in [-0.1, -0.05) is 12.1 Å². The average Bonchev–Trinajstić information content (AvgIpc) is 2.61. The SMILES string of the molecule is COc1cccc(C(CCN)C(=O)Nc2ccc(N)c(C(C)=N)c2)c1. The predicted molar refractivity (Wildman–Crippen MR) is 101 cm³/mol. The first kappa shape index (κ1) is 18.5. The summed E-state index contributed by atoms with van der Waals surface area (Å²) < 4.78 is 5.24. The van der Waals surface area contributed by atoms with E-state index in [-0.39, 0.29) is 11.8 Å². The van der Waals surface area contributed by atoms with Crippen molar-refractivity contribution in [3.63, 3.8) is 0 Å². The molecular weight excluding hydrogens is 316 g/mol. The zero-order chi connectivity index (χ0) is 18.4. The first-order valence-electron chi connectivity index (χ1n) is 8.06. The van der Waals surface area contributed by atoms with Gasteiger partial charge in [-0.3, -0.25) is 4.79 Å². The molecule has 6 nitrogen and oxygen atoms in total. The molecule has 0 aliphatic heterocycles. The third kappa shape index (κ3) is 4.58. The number of methoxy groups -OCH3 is 1. The number of nitrogens with one attached hydrogen (secondary N) is 2. The van der Waals surface area contributed by atoms with Gasteiger partial charge in [-0.05, 0) is 55.8 Å². The Morgan fingerprint density at radius 3 is 2.68 bits per heavy atom. The summed E-state index contributed by atoms with van der Waals surface area (Å²) in [7, 11) is 1.59. The lowest BCUT2D eigenvalue weighted by atomic mass is 9.94. The fourth-order valence-electron chi connectivity index (χ4n) is 2.66. The van der Waals surface area contributed by atoms with Crippen LogP contribution in [-0.4, -0.2) is 25.3 Å². The molecule has 0 bridgehead atoms. The Bertz CT molecular complexity index is 774. The number of ether oxygens (including phenoxy) is 1. The van der Waals surface area contributed by atoms with Crippen LogP contribution in [0.1, 0.15) is 30.4 Å². The first-order valence-corrected chi connectivity index (χ1v) is 8.06. The maximum absolute atomic E-state index is 12.8. The smallest absolute Gasteiger partial charge is 0.231 e. The maximum atomic E-state index is 12.8. The molecule has 0 saturated carbocycles. The summed E-state index contributed by atoms with van der Waals surface area (Å²) in [6.07, 6.45) is 0.518. The van der Waals surface area contributed by atoms with Crippen molar-refractivity contribution in [3.05, 3.63) is 53.6 Å². The highest BCUT2D eigenvalue weighted by Crippen LogP contribution is 2.26. The number of hydrogen-bond donors (Lipinski definition) is 4. The van der Waals surface area contributed by atoms with Crippen molar-refractivity contribution in [2.75, 3.05) is 24.7 Å². The first-order chi connectivity index (χ1) is 12.0. The van der Waals surface area contributed by atoms with Gasteiger partial charge in [-0.2, -0.15) is 0 Å². The van der Waals surface area contributed by atoms with Gasteiger partial charge < -0.3 is 26.9 Å². The van der Waals surface area contributed by atoms with Gasteiger partial charge in [0.25, 0.3) is 0 Å². The Balaban J connectivity index is 2.26. The van der Waals surface area contributed by atoms with E-state index in [4.69, 9.17) is 21.6 Å². The summed E-state index contributed by atoms with van der Waals surface area (Å²) >= 11 is 0. The monoisotopic (exact) mass is 340 g/mol. The lowest BCUT2D eigenvalue weighted by Crippen LogP contribution is -2.23. The van der Waals surface area contributed by atoms with E-state index in [2.05, 4.69) is 5.32 Å². The van der Waals surface area contributed by atoms with Gasteiger partial charge in [-0.25, -0.2) is 0 Å². The lowest BCUT2D eigenvalue weighted by molar-refractivity contribution is -0.117. The summed E-state index contributed by atoms with van der Waals surface area (Å²) in [5.74, 6) is 0.153. The fourth-order valence-corrected chi connectivity index (χ4v) is 2.66. The molecule has 2 aromatic rings. The van der Waals surface area contributed by atoms with Gasteiger partial charge in [0.2, 0.25) is 5.91 Å². The molecule has 0 spiro atoms. The molecule has 1 unspecified atom stereocenters. The Kier molecular flexibility index (Phi) is 6.14. The number of carbonyl (C=O) groups excluding carboxylic acids is 1. The van der Waals surface area contributed by atoms with E-state index in [1.54, 1.807) is 32.2 Å². The highest BCUT2D eigenvalue weighted by molar-refractivity contribution is 6.03. The van der Waals surface area contributed by atoms with Crippen molar-refractivity contribution < 1.29 is 9.53 Å². The second-order valence-corrected chi connectivity index (χ2v) is 5.82. The van der Waals surface area contributed by atoms with Gasteiger partial charge in [0.1, 0.15) is 5.75 Å². The largest absolute Gasteiger partial charge is 0.497 e. The van der Waals surface area contributed by atoms with Crippen LogP contribution in [-0.2, 0) is 4.79 Å². The number of benzene rings is 2. The molecule has 1 atom stereocenters. The number of nitrogens with two attached hydrogens (primary N) is 2. The number of nitrogen functional groups attached to an aromatic ring is 1. The van der Waals surface area contributed by atoms with Crippen LogP contribution < -0.4 is 21.5 Å². The quantitative estimate of drug-likeness (QED) is 0.458. The topological polar surface area (TPSA) is 114 Å². The van der Waals surface area contributed by atoms with Gasteiger partial charge in [0.05, 0.1) is 13.0 Å². The molecule has 2 rings (SSSR count). The van der Waals surface area contributed by atoms with Crippen LogP contribution in [0.25, 0.3) is 0 Å². The Labute approximate surface area is 147 Å². The molecule has 6 N–H and O–H groups in total. The second kappa shape index (κ2) is 8.30. The van der Waals surface area contributed by atoms with Crippen LogP contribution in [0.2, 0.25) is 0 Å². The summed E-state index contributed by atoms with van der Waals surface area (Å²) in [4.78, 5) is 12.8. The van der Waals surface area contributed by atoms with Gasteiger partial charge in [0, 0.05) is 22.6 Å². The van der Waals surface area contributed by atoms with Crippen molar-refractivity contribution >= 4 is 23.0 Å². The van der Waals surface area contributed by atoms with Crippen LogP contribution in [0.15, 0.2) is 42.5 Å². The zero-order valence-electron chi connectivity index (χ0n) is 14.5. The van der Waals surface area contributed by atoms with E-state index in [1.165, 1.54) is 0 Å². The van der Waals surface area contributed by atoms with Gasteiger partial charge >= 0.3 is 0 Å². The predicted octanol–water partition coefficient (Wildman–Crippen LogP) is 2.74. The molecule has 25 heavy (non-hydrogen) atoms. The Morgan fingerprint density at radius 2 is 2.04 bits per heavy atom. The van der Waals surface area contributed by atoms with Crippen LogP contribution in [0.4, 0.5) is 11.4 Å². The van der Waals surface area contributed by atoms with E-state index in [9.17, 15) is 4.79 Å². The molecule has 6 heteroatoms. The summed E-state index contributed by atoms with van der Waals surface area (Å²) in [5, 5.41) is 10.7. The minimum absolute atomic E-state index is 0.156. The summed E-state index contributed by atoms with van der Waals surface area (Å²) in [6, 6.07) is 12.5. The highest BCUT2D eigenvalue weighted by atomic mass is 16.5. The minimum Gasteiger partial charge on any atom is -0.497 e. The van der Waals surface area contributed by atoms with Crippen LogP contribution in [0, 0.1) is 5.41 Å². The van der Waals surface area contributed by atoms with Crippen LogP contribution >= 0.6 is 0 Å². The molecule has 2 aromatic carbocycles. The molecule has 132 valence electrons. The number of carbonyl (C=O) groups is 1. The normalized spacial score (nSPS) is 11.6. The van der Waals surface area contributed by atoms with E-state index in [0.717, 1.165) is 5.56 Å². The minimum atomic E-state index is -0.387. The van der Waals surface area contributed by atoms with Crippen molar-refractivity contribution in [2.24, 2.45) is 5.73 Å². The summed E-state index contributed by atoms with van der Waals surface area (Å²) in [6.45, 7) is 2.05. The third-order valence-electron chi connectivity index (χ3n) is 3.99. The zero-order valence-corrected chi connectivity index (χ0v) is 14.5. The molecule has 0 aliphatic carbocycles. The Morgan fingerprint density at radius 1 is 1.28 bits per heavy atom. The highest BCUT2D eigenvalue weighted by Gasteiger charge is 2.21. The van der Waals surface area contributed by atoms with Crippen LogP contribution in [0.5, 0.6) is 5.75 Å². The summed E-state index contributed by atoms with van der Waals surface area (Å²) in [5.41, 5.74) is 14.5. The van der Waals surface area contributed by atoms with Crippen LogP contribution in [0.3, 0.4) is 0 Å². The van der Waals surface area contributed by atoms with E-state index in [1.807, 2.05) is 24.3 Å². The molecule has 0 saturated heterocycles. The standard InChI is InChI=1S/C19H24N4O2/c1-12(21)17-11-14(6-7-18(17)22)23-19(24)16(8-9-20)13-4-3-5-15(10-13)25-2/h3-7,10-11,16,21H,8-9,20,22H2,1-2H3,(H,23,24). The molecule has 0 radical (unpaired) electrons. The average molecular weight is 340 g/mol. The molecule has 0 heterocycles. The second-order valence-electron chi connectivity index (χ2n) is 5.82. The number of amides is 1. The van der Waals surface area contributed by atoms with Gasteiger partial charge in [0.15, 0.2) is 0 Å². The van der Waals surface area contributed by atoms with E-state index >= 15 is 0 Å². The molecule has 1 amide bonds. The number of rotatable bonds is 7. The fraction of sp³-hybridized carbons (Fsp3) is 0.263. The van der Waals surface area contributed by atoms with Gasteiger partial charge in [-0.15, -0.1) is 0 Å². The van der Waals surface area contributed by atoms with Crippen molar-refractivity contribution in [2.45, 2.75) is 19.3 Å².